The number of likely N-dealkylation sites (N-methyl/N-ethyl adjacent to an activating group) is 1. The maximum absolute atomic E-state index is 14.0. The molecular formula is C35H39N7O4S. The average molecular weight is 654 g/mol. The molecular weight excluding hydrogens is 614 g/mol. The summed E-state index contributed by atoms with van der Waals surface area (Å²) >= 11 is 1.41. The van der Waals surface area contributed by atoms with Crippen LogP contribution in [0.1, 0.15) is 54.4 Å². The van der Waals surface area contributed by atoms with Crippen molar-refractivity contribution in [2.24, 2.45) is 5.92 Å². The van der Waals surface area contributed by atoms with E-state index in [-0.39, 0.29) is 29.7 Å². The maximum atomic E-state index is 14.0. The molecule has 4 amide bonds. The minimum absolute atomic E-state index is 0.0337. The molecule has 3 N–H and O–H groups in total. The summed E-state index contributed by atoms with van der Waals surface area (Å²) in [5.41, 5.74) is 2.42. The number of fused-ring (bicyclic) bond motifs is 1. The lowest BCUT2D eigenvalue weighted by Gasteiger charge is -2.30. The van der Waals surface area contributed by atoms with E-state index in [2.05, 4.69) is 20.9 Å². The molecule has 1 atom stereocenters. The molecule has 1 aliphatic rings. The second-order valence-electron chi connectivity index (χ2n) is 11.5. The van der Waals surface area contributed by atoms with E-state index in [1.165, 1.54) is 21.3 Å². The Kier molecular flexibility index (Phi) is 10.7. The van der Waals surface area contributed by atoms with Crippen molar-refractivity contribution in [3.63, 3.8) is 0 Å². The highest BCUT2D eigenvalue weighted by Gasteiger charge is 2.30. The zero-order chi connectivity index (χ0) is 33.5. The molecule has 0 saturated heterocycles. The van der Waals surface area contributed by atoms with Gasteiger partial charge in [-0.3, -0.25) is 19.4 Å². The Morgan fingerprint density at radius 2 is 1.70 bits per heavy atom. The van der Waals surface area contributed by atoms with E-state index in [1.54, 1.807) is 40.3 Å². The normalized spacial score (nSPS) is 16.9. The minimum atomic E-state index is -0.775. The Hall–Kier alpha value is -4.97. The zero-order valence-corrected chi connectivity index (χ0v) is 27.7. The summed E-state index contributed by atoms with van der Waals surface area (Å²) in [7, 11) is 4.82. The Morgan fingerprint density at radius 1 is 0.957 bits per heavy atom. The molecule has 5 rings (SSSR count). The Labute approximate surface area is 278 Å². The Bertz CT molecular complexity index is 1800. The van der Waals surface area contributed by atoms with Crippen LogP contribution >= 0.6 is 11.8 Å². The number of nitrogens with zero attached hydrogens (tertiary/aromatic N) is 4. The van der Waals surface area contributed by atoms with Crippen LogP contribution in [0.5, 0.6) is 0 Å². The highest BCUT2D eigenvalue weighted by Crippen LogP contribution is 2.34. The van der Waals surface area contributed by atoms with Crippen LogP contribution in [-0.4, -0.2) is 76.6 Å². The summed E-state index contributed by atoms with van der Waals surface area (Å²) < 4.78 is 1.32. The predicted molar refractivity (Wildman–Crippen MR) is 183 cm³/mol. The van der Waals surface area contributed by atoms with E-state index >= 15 is 0 Å². The molecule has 2 heterocycles. The summed E-state index contributed by atoms with van der Waals surface area (Å²) in [6.07, 6.45) is 8.16. The van der Waals surface area contributed by atoms with Crippen LogP contribution in [0.15, 0.2) is 76.7 Å². The van der Waals surface area contributed by atoms with E-state index in [4.69, 9.17) is 5.10 Å². The molecule has 0 radical (unpaired) electrons. The van der Waals surface area contributed by atoms with E-state index in [0.717, 1.165) is 20.9 Å². The van der Waals surface area contributed by atoms with Crippen molar-refractivity contribution in [1.82, 2.24) is 35.6 Å². The molecule has 11 nitrogen and oxygen atoms in total. The van der Waals surface area contributed by atoms with Crippen molar-refractivity contribution >= 4 is 58.6 Å². The van der Waals surface area contributed by atoms with Crippen LogP contribution in [0.25, 0.3) is 23.1 Å². The van der Waals surface area contributed by atoms with E-state index in [0.29, 0.717) is 42.5 Å². The quantitative estimate of drug-likeness (QED) is 0.236. The number of pyridine rings is 1. The summed E-state index contributed by atoms with van der Waals surface area (Å²) in [6.45, 7) is 1.69. The highest BCUT2D eigenvalue weighted by atomic mass is 32.2. The van der Waals surface area contributed by atoms with Crippen molar-refractivity contribution in [2.75, 3.05) is 21.1 Å². The van der Waals surface area contributed by atoms with Crippen LogP contribution < -0.4 is 16.0 Å². The lowest BCUT2D eigenvalue weighted by molar-refractivity contribution is -0.126. The van der Waals surface area contributed by atoms with Gasteiger partial charge in [0, 0.05) is 54.5 Å². The fourth-order valence-electron chi connectivity index (χ4n) is 5.61. The van der Waals surface area contributed by atoms with E-state index in [1.807, 2.05) is 66.7 Å². The summed E-state index contributed by atoms with van der Waals surface area (Å²) in [4.78, 5) is 59.1. The van der Waals surface area contributed by atoms with E-state index in [9.17, 15) is 19.2 Å². The van der Waals surface area contributed by atoms with Gasteiger partial charge in [0.05, 0.1) is 22.5 Å². The van der Waals surface area contributed by atoms with Gasteiger partial charge in [-0.15, -0.1) is 0 Å². The summed E-state index contributed by atoms with van der Waals surface area (Å²) in [5.74, 6) is -0.460. The first kappa shape index (κ1) is 33.4. The van der Waals surface area contributed by atoms with Gasteiger partial charge in [-0.05, 0) is 87.2 Å². The second-order valence-corrected chi connectivity index (χ2v) is 12.6. The fourth-order valence-corrected chi connectivity index (χ4v) is 6.59. The molecule has 1 aliphatic carbocycles. The largest absolute Gasteiger partial charge is 0.359 e. The molecule has 1 saturated carbocycles. The number of amides is 4. The molecule has 0 aliphatic heterocycles. The van der Waals surface area contributed by atoms with Gasteiger partial charge in [0.1, 0.15) is 6.04 Å². The number of hydrogen-bond donors (Lipinski definition) is 3. The zero-order valence-electron chi connectivity index (χ0n) is 26.9. The number of carbonyl (C=O) groups is 4. The molecule has 244 valence electrons. The lowest BCUT2D eigenvalue weighted by Crippen LogP contribution is -2.50. The Balaban J connectivity index is 1.41. The van der Waals surface area contributed by atoms with Gasteiger partial charge in [-0.25, -0.2) is 4.79 Å². The molecule has 2 aromatic heterocycles. The smallest absolute Gasteiger partial charge is 0.345 e. The van der Waals surface area contributed by atoms with Crippen LogP contribution in [0.3, 0.4) is 0 Å². The molecule has 0 spiro atoms. The number of benzene rings is 2. The van der Waals surface area contributed by atoms with Gasteiger partial charge >= 0.3 is 6.03 Å². The topological polar surface area (TPSA) is 138 Å². The third kappa shape index (κ3) is 7.71. The van der Waals surface area contributed by atoms with E-state index < -0.39 is 12.1 Å². The second kappa shape index (κ2) is 15.1. The van der Waals surface area contributed by atoms with Gasteiger partial charge in [0.15, 0.2) is 0 Å². The highest BCUT2D eigenvalue weighted by molar-refractivity contribution is 7.99. The number of rotatable bonds is 9. The first-order chi connectivity index (χ1) is 22.7. The SMILES string of the molecule is CNC(=O)c1ccccc1Sc1ccc2c(/C=C/c3ccccn3)nn(C(=O)N(C)[C@@H](C)C(=O)NC3CCC(C(=O)NC)CC3)c2c1. The van der Waals surface area contributed by atoms with Crippen LogP contribution in [0, 0.1) is 5.92 Å². The molecule has 1 fully saturated rings. The first-order valence-electron chi connectivity index (χ1n) is 15.6. The van der Waals surface area contributed by atoms with Crippen molar-refractivity contribution in [3.8, 4) is 0 Å². The predicted octanol–water partition coefficient (Wildman–Crippen LogP) is 4.82. The van der Waals surface area contributed by atoms with Crippen molar-refractivity contribution < 1.29 is 19.2 Å². The minimum Gasteiger partial charge on any atom is -0.359 e. The molecule has 4 aromatic rings. The molecule has 0 bridgehead atoms. The van der Waals surface area contributed by atoms with Gasteiger partial charge in [0.2, 0.25) is 11.8 Å². The van der Waals surface area contributed by atoms with Gasteiger partial charge in [0.25, 0.3) is 5.91 Å². The number of hydrogen-bond acceptors (Lipinski definition) is 7. The maximum Gasteiger partial charge on any atom is 0.345 e. The standard InChI is InChI=1S/C35H39N7O4S/c1-22(32(43)39-25-14-12-23(13-15-25)33(44)36-2)41(4)35(46)42-30-21-26(47-31-11-6-5-10-28(31)34(45)37-3)17-18-27(30)29(40-42)19-16-24-9-7-8-20-38-24/h5-11,16-23,25H,12-15H2,1-4H3,(H,36,44)(H,37,45)(H,39,43)/b19-16+/t22-,23?,25?/m0/s1. The van der Waals surface area contributed by atoms with Gasteiger partial charge in [-0.2, -0.15) is 9.78 Å². The van der Waals surface area contributed by atoms with Crippen molar-refractivity contribution in [2.45, 2.75) is 54.5 Å². The molecule has 47 heavy (non-hydrogen) atoms. The van der Waals surface area contributed by atoms with Crippen LogP contribution in [0.4, 0.5) is 4.79 Å². The summed E-state index contributed by atoms with van der Waals surface area (Å²) in [5, 5.41) is 13.9. The van der Waals surface area contributed by atoms with Gasteiger partial charge in [-0.1, -0.05) is 30.0 Å². The fraction of sp³-hybridized carbons (Fsp3) is 0.314. The third-order valence-corrected chi connectivity index (χ3v) is 9.57. The molecule has 0 unspecified atom stereocenters. The molecule has 2 aromatic carbocycles. The Morgan fingerprint density at radius 3 is 2.40 bits per heavy atom. The number of aromatic nitrogens is 3. The van der Waals surface area contributed by atoms with Crippen LogP contribution in [-0.2, 0) is 9.59 Å². The third-order valence-electron chi connectivity index (χ3n) is 8.50. The first-order valence-corrected chi connectivity index (χ1v) is 16.4. The number of carbonyl (C=O) groups excluding carboxylic acids is 4. The van der Waals surface area contributed by atoms with Crippen molar-refractivity contribution in [1.29, 1.82) is 0 Å². The lowest BCUT2D eigenvalue weighted by atomic mass is 9.85. The average Bonchev–Trinajstić information content (AvgIpc) is 3.47. The molecule has 12 heteroatoms. The van der Waals surface area contributed by atoms with Crippen molar-refractivity contribution in [3.05, 3.63) is 83.8 Å². The monoisotopic (exact) mass is 653 g/mol. The number of nitrogens with one attached hydrogen (secondary N) is 3. The summed E-state index contributed by atoms with van der Waals surface area (Å²) in [6, 6.07) is 17.3. The van der Waals surface area contributed by atoms with Gasteiger partial charge < -0.3 is 20.9 Å². The van der Waals surface area contributed by atoms with Crippen LogP contribution in [0.2, 0.25) is 0 Å².